The second-order valence-electron chi connectivity index (χ2n) is 7.18. The number of aromatic nitrogens is 2. The molecular formula is C22H23ClN6O3. The third-order valence-electron chi connectivity index (χ3n) is 4.67. The van der Waals surface area contributed by atoms with Crippen LogP contribution in [0.2, 0.25) is 5.02 Å². The van der Waals surface area contributed by atoms with E-state index in [1.165, 1.54) is 0 Å². The highest BCUT2D eigenvalue weighted by Crippen LogP contribution is 2.20. The van der Waals surface area contributed by atoms with Crippen LogP contribution in [0.1, 0.15) is 27.2 Å². The number of aliphatic carboxylic acids is 1. The highest BCUT2D eigenvalue weighted by molar-refractivity contribution is 6.30. The number of carbonyl (C=O) groups excluding carboxylic acids is 1. The molecule has 1 heterocycles. The second kappa shape index (κ2) is 10.1. The lowest BCUT2D eigenvalue weighted by molar-refractivity contribution is -0.138. The number of hydrogen-bond acceptors (Lipinski definition) is 4. The van der Waals surface area contributed by atoms with Gasteiger partial charge in [-0.05, 0) is 54.8 Å². The standard InChI is InChI=1S/C22H23ClN6O3/c1-13-8-9-29(28-13)19-11-17(23)7-6-16(19)12-26-22(25)27-20(30)15-4-2-14(3-5-15)10-18(24)21(31)32/h2-9,11,18H,10,12,24H2,1H3,(H,31,32)(H3,25,26,27,30)/t18-/m0/s1. The van der Waals surface area contributed by atoms with Crippen molar-refractivity contribution in [3.63, 3.8) is 0 Å². The monoisotopic (exact) mass is 454 g/mol. The lowest BCUT2D eigenvalue weighted by atomic mass is 10.0. The van der Waals surface area contributed by atoms with Gasteiger partial charge in [0.05, 0.1) is 11.4 Å². The topological polar surface area (TPSA) is 149 Å². The molecule has 0 unspecified atom stereocenters. The van der Waals surface area contributed by atoms with Crippen LogP contribution in [-0.4, -0.2) is 38.8 Å². The lowest BCUT2D eigenvalue weighted by Gasteiger charge is -2.12. The highest BCUT2D eigenvalue weighted by Gasteiger charge is 2.13. The van der Waals surface area contributed by atoms with Crippen molar-refractivity contribution in [2.45, 2.75) is 25.9 Å². The van der Waals surface area contributed by atoms with Crippen molar-refractivity contribution in [2.75, 3.05) is 0 Å². The van der Waals surface area contributed by atoms with Crippen LogP contribution in [0.25, 0.3) is 5.69 Å². The lowest BCUT2D eigenvalue weighted by Crippen LogP contribution is -2.32. The van der Waals surface area contributed by atoms with E-state index in [9.17, 15) is 9.59 Å². The Labute approximate surface area is 189 Å². The Morgan fingerprint density at radius 2 is 1.94 bits per heavy atom. The summed E-state index contributed by atoms with van der Waals surface area (Å²) in [5.74, 6) is -1.65. The molecule has 0 radical (unpaired) electrons. The van der Waals surface area contributed by atoms with E-state index >= 15 is 0 Å². The predicted octanol–water partition coefficient (Wildman–Crippen LogP) is 2.03. The maximum atomic E-state index is 12.4. The molecule has 2 aromatic carbocycles. The number of amides is 1. The normalized spacial score (nSPS) is 12.4. The zero-order valence-corrected chi connectivity index (χ0v) is 18.1. The largest absolute Gasteiger partial charge is 0.480 e. The molecule has 1 amide bonds. The maximum Gasteiger partial charge on any atom is 0.320 e. The molecule has 0 aliphatic carbocycles. The summed E-state index contributed by atoms with van der Waals surface area (Å²) in [4.78, 5) is 27.1. The summed E-state index contributed by atoms with van der Waals surface area (Å²) < 4.78 is 1.72. The molecule has 3 rings (SSSR count). The van der Waals surface area contributed by atoms with Crippen LogP contribution >= 0.6 is 11.6 Å². The van der Waals surface area contributed by atoms with Gasteiger partial charge in [0.2, 0.25) is 0 Å². The maximum absolute atomic E-state index is 12.4. The first-order chi connectivity index (χ1) is 15.2. The molecule has 0 spiro atoms. The fraction of sp³-hybridized carbons (Fsp3) is 0.182. The number of aryl methyl sites for hydroxylation is 1. The molecule has 3 aromatic rings. The summed E-state index contributed by atoms with van der Waals surface area (Å²) >= 11 is 6.14. The van der Waals surface area contributed by atoms with Crippen LogP contribution < -0.4 is 16.8 Å². The zero-order valence-electron chi connectivity index (χ0n) is 17.3. The Morgan fingerprint density at radius 1 is 1.22 bits per heavy atom. The number of nitrogens with two attached hydrogens (primary N) is 2. The van der Waals surface area contributed by atoms with Gasteiger partial charge in [0.1, 0.15) is 6.04 Å². The Bertz CT molecular complexity index is 1160. The minimum absolute atomic E-state index is 0.0375. The number of hydrogen-bond donors (Lipinski definition) is 4. The molecule has 0 saturated heterocycles. The minimum Gasteiger partial charge on any atom is -0.480 e. The number of aliphatic imine (C=N–C) groups is 1. The Morgan fingerprint density at radius 3 is 2.56 bits per heavy atom. The first kappa shape index (κ1) is 23.0. The van der Waals surface area contributed by atoms with E-state index in [0.29, 0.717) is 22.7 Å². The molecule has 1 atom stereocenters. The molecule has 0 aliphatic heterocycles. The summed E-state index contributed by atoms with van der Waals surface area (Å²) in [6.07, 6.45) is 1.99. The van der Waals surface area contributed by atoms with Crippen molar-refractivity contribution in [3.05, 3.63) is 82.1 Å². The van der Waals surface area contributed by atoms with Gasteiger partial charge in [-0.1, -0.05) is 29.8 Å². The third-order valence-corrected chi connectivity index (χ3v) is 4.91. The van der Waals surface area contributed by atoms with Gasteiger partial charge in [0.15, 0.2) is 5.96 Å². The summed E-state index contributed by atoms with van der Waals surface area (Å²) in [5, 5.41) is 16.8. The van der Waals surface area contributed by atoms with E-state index < -0.39 is 17.9 Å². The van der Waals surface area contributed by atoms with Gasteiger partial charge in [0.25, 0.3) is 5.91 Å². The van der Waals surface area contributed by atoms with E-state index in [4.69, 9.17) is 28.2 Å². The molecule has 32 heavy (non-hydrogen) atoms. The number of carboxylic acids is 1. The number of benzene rings is 2. The van der Waals surface area contributed by atoms with Crippen molar-refractivity contribution in [3.8, 4) is 5.69 Å². The SMILES string of the molecule is Cc1ccn(-c2cc(Cl)ccc2CN/C(N)=N/C(=O)c2ccc(C[C@H](N)C(=O)O)cc2)n1. The molecule has 1 aromatic heterocycles. The van der Waals surface area contributed by atoms with Crippen molar-refractivity contribution >= 4 is 29.4 Å². The number of rotatable bonds is 7. The van der Waals surface area contributed by atoms with Crippen LogP contribution in [-0.2, 0) is 17.8 Å². The van der Waals surface area contributed by atoms with Gasteiger partial charge in [-0.15, -0.1) is 0 Å². The molecule has 166 valence electrons. The number of nitrogens with one attached hydrogen (secondary N) is 1. The van der Waals surface area contributed by atoms with Crippen LogP contribution in [0.4, 0.5) is 0 Å². The quantitative estimate of drug-likeness (QED) is 0.315. The predicted molar refractivity (Wildman–Crippen MR) is 122 cm³/mol. The number of carboxylic acid groups (broad SMARTS) is 1. The summed E-state index contributed by atoms with van der Waals surface area (Å²) in [6, 6.07) is 12.7. The van der Waals surface area contributed by atoms with Crippen LogP contribution in [0.5, 0.6) is 0 Å². The molecular weight excluding hydrogens is 432 g/mol. The number of halogens is 1. The summed E-state index contributed by atoms with van der Waals surface area (Å²) in [5.41, 5.74) is 15.0. The van der Waals surface area contributed by atoms with Crippen molar-refractivity contribution in [1.82, 2.24) is 15.1 Å². The van der Waals surface area contributed by atoms with E-state index in [1.54, 1.807) is 41.1 Å². The molecule has 10 heteroatoms. The summed E-state index contributed by atoms with van der Waals surface area (Å²) in [7, 11) is 0. The van der Waals surface area contributed by atoms with E-state index in [0.717, 1.165) is 16.9 Å². The van der Waals surface area contributed by atoms with Gasteiger partial charge in [0, 0.05) is 23.3 Å². The summed E-state index contributed by atoms with van der Waals surface area (Å²) in [6.45, 7) is 2.20. The van der Waals surface area contributed by atoms with E-state index in [-0.39, 0.29) is 12.4 Å². The molecule has 9 nitrogen and oxygen atoms in total. The molecule has 0 bridgehead atoms. The number of carbonyl (C=O) groups is 2. The van der Waals surface area contributed by atoms with Crippen molar-refractivity contribution in [1.29, 1.82) is 0 Å². The average Bonchev–Trinajstić information content (AvgIpc) is 3.19. The van der Waals surface area contributed by atoms with E-state index in [2.05, 4.69) is 15.4 Å². The zero-order chi connectivity index (χ0) is 23.3. The fourth-order valence-corrected chi connectivity index (χ4v) is 3.14. The number of nitrogens with zero attached hydrogens (tertiary/aromatic N) is 3. The van der Waals surface area contributed by atoms with Crippen LogP contribution in [0.3, 0.4) is 0 Å². The Balaban J connectivity index is 1.66. The first-order valence-corrected chi connectivity index (χ1v) is 10.1. The Kier molecular flexibility index (Phi) is 7.24. The van der Waals surface area contributed by atoms with Gasteiger partial charge < -0.3 is 21.9 Å². The molecule has 0 fully saturated rings. The fourth-order valence-electron chi connectivity index (χ4n) is 2.97. The van der Waals surface area contributed by atoms with Crippen LogP contribution in [0.15, 0.2) is 59.7 Å². The third kappa shape index (κ3) is 5.93. The first-order valence-electron chi connectivity index (χ1n) is 9.73. The van der Waals surface area contributed by atoms with Crippen molar-refractivity contribution < 1.29 is 14.7 Å². The van der Waals surface area contributed by atoms with Gasteiger partial charge in [-0.2, -0.15) is 10.1 Å². The minimum atomic E-state index is -1.08. The Hall–Kier alpha value is -3.69. The molecule has 6 N–H and O–H groups in total. The molecule has 0 saturated carbocycles. The smallest absolute Gasteiger partial charge is 0.320 e. The van der Waals surface area contributed by atoms with Crippen molar-refractivity contribution in [2.24, 2.45) is 16.5 Å². The second-order valence-corrected chi connectivity index (χ2v) is 7.61. The van der Waals surface area contributed by atoms with Crippen LogP contribution in [0, 0.1) is 6.92 Å². The van der Waals surface area contributed by atoms with Gasteiger partial charge in [-0.3, -0.25) is 9.59 Å². The van der Waals surface area contributed by atoms with Gasteiger partial charge in [-0.25, -0.2) is 4.68 Å². The van der Waals surface area contributed by atoms with E-state index in [1.807, 2.05) is 25.3 Å². The van der Waals surface area contributed by atoms with Gasteiger partial charge >= 0.3 is 5.97 Å². The average molecular weight is 455 g/mol. The molecule has 0 aliphatic rings. The number of guanidine groups is 1. The highest BCUT2D eigenvalue weighted by atomic mass is 35.5.